The summed E-state index contributed by atoms with van der Waals surface area (Å²) in [7, 11) is 0. The molecule has 0 saturated carbocycles. The van der Waals surface area contributed by atoms with E-state index in [1.165, 1.54) is 18.3 Å². The van der Waals surface area contributed by atoms with E-state index in [-0.39, 0.29) is 23.4 Å². The fourth-order valence-electron chi connectivity index (χ4n) is 1.80. The average Bonchev–Trinajstić information content (AvgIpc) is 2.82. The Morgan fingerprint density at radius 3 is 2.71 bits per heavy atom. The van der Waals surface area contributed by atoms with Crippen LogP contribution in [0.3, 0.4) is 0 Å². The third-order valence-electron chi connectivity index (χ3n) is 2.94. The van der Waals surface area contributed by atoms with E-state index in [2.05, 4.69) is 20.2 Å². The molecule has 6 nitrogen and oxygen atoms in total. The number of hydrogen-bond acceptors (Lipinski definition) is 5. The molecule has 0 aromatic carbocycles. The summed E-state index contributed by atoms with van der Waals surface area (Å²) in [5.41, 5.74) is 1.61. The van der Waals surface area contributed by atoms with Crippen LogP contribution >= 0.6 is 11.6 Å². The van der Waals surface area contributed by atoms with Crippen molar-refractivity contribution in [3.8, 4) is 5.88 Å². The molecule has 0 aliphatic carbocycles. The number of amides is 1. The van der Waals surface area contributed by atoms with Crippen LogP contribution in [0.15, 0.2) is 22.9 Å². The minimum Gasteiger partial charge on any atom is -0.468 e. The van der Waals surface area contributed by atoms with Gasteiger partial charge in [-0.2, -0.15) is 13.2 Å². The van der Waals surface area contributed by atoms with Crippen LogP contribution in [0.2, 0.25) is 5.22 Å². The molecule has 0 radical (unpaired) electrons. The monoisotopic (exact) mass is 363 g/mol. The number of rotatable bonds is 6. The molecule has 1 N–H and O–H groups in total. The molecule has 0 aliphatic rings. The van der Waals surface area contributed by atoms with E-state index in [9.17, 15) is 18.0 Å². The van der Waals surface area contributed by atoms with E-state index in [1.54, 1.807) is 6.92 Å². The lowest BCUT2D eigenvalue weighted by Gasteiger charge is -2.09. The fourth-order valence-corrected chi connectivity index (χ4v) is 2.06. The standard InChI is InChI=1S/C14H13ClF3N3O3/c1-8-10(13(15)24-21-8)3-4-11(22)20-9-2-5-12(19-6-9)23-7-14(16,17)18/h2,5-6H,3-4,7H2,1H3,(H,20,22). The van der Waals surface area contributed by atoms with Crippen LogP contribution in [-0.2, 0) is 11.2 Å². The number of nitrogens with one attached hydrogen (secondary N) is 1. The molecule has 2 aromatic rings. The summed E-state index contributed by atoms with van der Waals surface area (Å²) >= 11 is 5.80. The van der Waals surface area contributed by atoms with Gasteiger partial charge < -0.3 is 14.6 Å². The van der Waals surface area contributed by atoms with Crippen molar-refractivity contribution >= 4 is 23.2 Å². The SMILES string of the molecule is Cc1noc(Cl)c1CCC(=O)Nc1ccc(OCC(F)(F)F)nc1. The Morgan fingerprint density at radius 2 is 2.17 bits per heavy atom. The van der Waals surface area contributed by atoms with Gasteiger partial charge in [0.25, 0.3) is 0 Å². The summed E-state index contributed by atoms with van der Waals surface area (Å²) in [6.07, 6.45) is -2.74. The smallest absolute Gasteiger partial charge is 0.422 e. The average molecular weight is 364 g/mol. The van der Waals surface area contributed by atoms with Gasteiger partial charge in [-0.15, -0.1) is 0 Å². The molecule has 0 unspecified atom stereocenters. The minimum atomic E-state index is -4.43. The second kappa shape index (κ2) is 7.52. The predicted octanol–water partition coefficient (Wildman–Crippen LogP) is 3.54. The lowest BCUT2D eigenvalue weighted by Crippen LogP contribution is -2.19. The van der Waals surface area contributed by atoms with Gasteiger partial charge in [0.05, 0.1) is 17.6 Å². The molecular weight excluding hydrogens is 351 g/mol. The number of aryl methyl sites for hydroxylation is 1. The predicted molar refractivity (Wildman–Crippen MR) is 79.0 cm³/mol. The normalized spacial score (nSPS) is 11.4. The number of anilines is 1. The van der Waals surface area contributed by atoms with E-state index < -0.39 is 12.8 Å². The number of halogens is 4. The van der Waals surface area contributed by atoms with E-state index in [0.29, 0.717) is 23.4 Å². The van der Waals surface area contributed by atoms with Gasteiger partial charge in [0.1, 0.15) is 0 Å². The molecule has 130 valence electrons. The number of carbonyl (C=O) groups excluding carboxylic acids is 1. The number of pyridine rings is 1. The van der Waals surface area contributed by atoms with Crippen molar-refractivity contribution in [1.29, 1.82) is 0 Å². The van der Waals surface area contributed by atoms with Gasteiger partial charge in [0, 0.05) is 18.1 Å². The summed E-state index contributed by atoms with van der Waals surface area (Å²) in [4.78, 5) is 15.5. The topological polar surface area (TPSA) is 77.2 Å². The summed E-state index contributed by atoms with van der Waals surface area (Å²) in [6.45, 7) is 0.288. The summed E-state index contributed by atoms with van der Waals surface area (Å²) < 4.78 is 45.3. The van der Waals surface area contributed by atoms with Crippen LogP contribution in [0.1, 0.15) is 17.7 Å². The second-order valence-corrected chi connectivity index (χ2v) is 5.20. The molecule has 2 aromatic heterocycles. The van der Waals surface area contributed by atoms with Crippen molar-refractivity contribution in [2.45, 2.75) is 25.9 Å². The van der Waals surface area contributed by atoms with Gasteiger partial charge >= 0.3 is 6.18 Å². The maximum atomic E-state index is 12.0. The highest BCUT2D eigenvalue weighted by molar-refractivity contribution is 6.29. The Labute approximate surface area is 139 Å². The Kier molecular flexibility index (Phi) is 5.66. The first-order valence-electron chi connectivity index (χ1n) is 6.80. The van der Waals surface area contributed by atoms with Crippen molar-refractivity contribution in [3.05, 3.63) is 34.8 Å². The summed E-state index contributed by atoms with van der Waals surface area (Å²) in [6, 6.07) is 2.64. The molecule has 0 saturated heterocycles. The molecule has 10 heteroatoms. The fraction of sp³-hybridized carbons (Fsp3) is 0.357. The van der Waals surface area contributed by atoms with Crippen molar-refractivity contribution in [2.24, 2.45) is 0 Å². The molecule has 0 atom stereocenters. The highest BCUT2D eigenvalue weighted by atomic mass is 35.5. The number of alkyl halides is 3. The van der Waals surface area contributed by atoms with Gasteiger partial charge in [0.15, 0.2) is 6.61 Å². The molecule has 0 spiro atoms. The van der Waals surface area contributed by atoms with Gasteiger partial charge in [0.2, 0.25) is 17.0 Å². The largest absolute Gasteiger partial charge is 0.468 e. The summed E-state index contributed by atoms with van der Waals surface area (Å²) in [5.74, 6) is -0.491. The van der Waals surface area contributed by atoms with Crippen molar-refractivity contribution in [2.75, 3.05) is 11.9 Å². The number of ether oxygens (including phenoxy) is 1. The molecule has 2 rings (SSSR count). The van der Waals surface area contributed by atoms with Crippen LogP contribution in [0.4, 0.5) is 18.9 Å². The molecule has 2 heterocycles. The lowest BCUT2D eigenvalue weighted by molar-refractivity contribution is -0.154. The third-order valence-corrected chi connectivity index (χ3v) is 3.24. The van der Waals surface area contributed by atoms with E-state index >= 15 is 0 Å². The Balaban J connectivity index is 1.83. The van der Waals surface area contributed by atoms with Gasteiger partial charge in [-0.3, -0.25) is 4.79 Å². The third kappa shape index (κ3) is 5.41. The first kappa shape index (κ1) is 18.1. The number of carbonyl (C=O) groups is 1. The molecule has 0 aliphatic heterocycles. The van der Waals surface area contributed by atoms with Crippen LogP contribution in [0, 0.1) is 6.92 Å². The van der Waals surface area contributed by atoms with Crippen LogP contribution in [0.25, 0.3) is 0 Å². The zero-order chi connectivity index (χ0) is 17.7. The van der Waals surface area contributed by atoms with Crippen molar-refractivity contribution < 1.29 is 27.2 Å². The van der Waals surface area contributed by atoms with Gasteiger partial charge in [-0.1, -0.05) is 5.16 Å². The Hall–Kier alpha value is -2.29. The van der Waals surface area contributed by atoms with Gasteiger partial charge in [-0.05, 0) is 31.0 Å². The second-order valence-electron chi connectivity index (χ2n) is 4.86. The lowest BCUT2D eigenvalue weighted by atomic mass is 10.1. The maximum Gasteiger partial charge on any atom is 0.422 e. The zero-order valence-electron chi connectivity index (χ0n) is 12.5. The zero-order valence-corrected chi connectivity index (χ0v) is 13.2. The first-order valence-corrected chi connectivity index (χ1v) is 7.18. The highest BCUT2D eigenvalue weighted by Gasteiger charge is 2.28. The Bertz CT molecular complexity index is 682. The molecule has 1 amide bonds. The highest BCUT2D eigenvalue weighted by Crippen LogP contribution is 2.21. The van der Waals surface area contributed by atoms with E-state index in [0.717, 1.165) is 0 Å². The molecule has 0 fully saturated rings. The number of aromatic nitrogens is 2. The first-order chi connectivity index (χ1) is 11.2. The van der Waals surface area contributed by atoms with Crippen LogP contribution in [-0.4, -0.2) is 28.8 Å². The quantitative estimate of drug-likeness (QED) is 0.849. The minimum absolute atomic E-state index is 0.133. The molecular formula is C14H13ClF3N3O3. The van der Waals surface area contributed by atoms with Crippen molar-refractivity contribution in [1.82, 2.24) is 10.1 Å². The molecule has 0 bridgehead atoms. The summed E-state index contributed by atoms with van der Waals surface area (Å²) in [5, 5.41) is 6.40. The number of nitrogens with zero attached hydrogens (tertiary/aromatic N) is 2. The number of hydrogen-bond donors (Lipinski definition) is 1. The van der Waals surface area contributed by atoms with Gasteiger partial charge in [-0.25, -0.2) is 4.98 Å². The van der Waals surface area contributed by atoms with E-state index in [4.69, 9.17) is 16.1 Å². The van der Waals surface area contributed by atoms with Crippen molar-refractivity contribution in [3.63, 3.8) is 0 Å². The van der Waals surface area contributed by atoms with Crippen LogP contribution in [0.5, 0.6) is 5.88 Å². The van der Waals surface area contributed by atoms with E-state index in [1.807, 2.05) is 0 Å². The molecule has 24 heavy (non-hydrogen) atoms. The van der Waals surface area contributed by atoms with Crippen LogP contribution < -0.4 is 10.1 Å². The maximum absolute atomic E-state index is 12.0. The Morgan fingerprint density at radius 1 is 1.42 bits per heavy atom.